The monoisotopic (exact) mass is 545 g/mol. The number of hydrogen-bond donors (Lipinski definition) is 0. The molecule has 0 radical (unpaired) electrons. The molecule has 1 fully saturated rings. The summed E-state index contributed by atoms with van der Waals surface area (Å²) in [6.07, 6.45) is 3.63. The van der Waals surface area contributed by atoms with Crippen LogP contribution >= 0.6 is 23.2 Å². The molecule has 1 saturated heterocycles. The number of rotatable bonds is 5. The first kappa shape index (κ1) is 25.0. The summed E-state index contributed by atoms with van der Waals surface area (Å²) in [7, 11) is 3.02. The number of halogens is 3. The van der Waals surface area contributed by atoms with Gasteiger partial charge in [0.05, 0.1) is 40.3 Å². The topological polar surface area (TPSA) is 88.1 Å². The van der Waals surface area contributed by atoms with Crippen molar-refractivity contribution in [2.75, 3.05) is 37.0 Å². The number of carbonyl (C=O) groups is 2. The van der Waals surface area contributed by atoms with Crippen LogP contribution < -0.4 is 19.3 Å². The Balaban J connectivity index is 1.67. The average Bonchev–Trinajstić information content (AvgIpc) is 2.91. The van der Waals surface area contributed by atoms with Gasteiger partial charge in [0, 0.05) is 19.7 Å². The number of anilines is 3. The van der Waals surface area contributed by atoms with Crippen molar-refractivity contribution in [1.82, 2.24) is 14.9 Å². The molecule has 37 heavy (non-hydrogen) atoms. The lowest BCUT2D eigenvalue weighted by atomic mass is 10.1. The minimum Gasteiger partial charge on any atom is -0.493 e. The third-order valence-electron chi connectivity index (χ3n) is 6.45. The largest absolute Gasteiger partial charge is 0.493 e. The van der Waals surface area contributed by atoms with Crippen LogP contribution in [0.2, 0.25) is 10.0 Å². The number of ether oxygens (including phenoxy) is 2. The highest BCUT2D eigenvalue weighted by Crippen LogP contribution is 2.51. The second-order valence-corrected chi connectivity index (χ2v) is 9.38. The summed E-state index contributed by atoms with van der Waals surface area (Å²) in [5, 5.41) is 0.173. The predicted molar refractivity (Wildman–Crippen MR) is 139 cm³/mol. The van der Waals surface area contributed by atoms with E-state index in [1.807, 2.05) is 0 Å². The van der Waals surface area contributed by atoms with E-state index in [1.54, 1.807) is 11.0 Å². The van der Waals surface area contributed by atoms with E-state index in [0.29, 0.717) is 47.6 Å². The summed E-state index contributed by atoms with van der Waals surface area (Å²) >= 11 is 12.0. The molecule has 3 amide bonds. The Bertz CT molecular complexity index is 1450. The number of urea groups is 1. The van der Waals surface area contributed by atoms with Gasteiger partial charge in [0.1, 0.15) is 18.1 Å². The van der Waals surface area contributed by atoms with E-state index in [-0.39, 0.29) is 33.6 Å². The van der Waals surface area contributed by atoms with Crippen LogP contribution in [0.4, 0.5) is 26.4 Å². The molecule has 9 nitrogen and oxygen atoms in total. The zero-order valence-electron chi connectivity index (χ0n) is 20.0. The van der Waals surface area contributed by atoms with E-state index in [0.717, 1.165) is 11.3 Å². The third kappa shape index (κ3) is 4.10. The van der Waals surface area contributed by atoms with Crippen LogP contribution in [0.5, 0.6) is 11.5 Å². The predicted octanol–water partition coefficient (Wildman–Crippen LogP) is 5.35. The first-order valence-corrected chi connectivity index (χ1v) is 12.2. The Morgan fingerprint density at radius 1 is 1.30 bits per heavy atom. The van der Waals surface area contributed by atoms with Crippen LogP contribution in [-0.4, -0.2) is 60.2 Å². The highest BCUT2D eigenvalue weighted by molar-refractivity contribution is 6.42. The Morgan fingerprint density at radius 3 is 2.81 bits per heavy atom. The van der Waals surface area contributed by atoms with Gasteiger partial charge in [-0.2, -0.15) is 0 Å². The lowest BCUT2D eigenvalue weighted by Gasteiger charge is -2.37. The van der Waals surface area contributed by atoms with Crippen molar-refractivity contribution in [1.29, 1.82) is 0 Å². The number of aromatic nitrogens is 2. The van der Waals surface area contributed by atoms with Gasteiger partial charge < -0.3 is 14.4 Å². The zero-order valence-corrected chi connectivity index (χ0v) is 21.5. The van der Waals surface area contributed by atoms with Crippen LogP contribution in [0.3, 0.4) is 0 Å². The van der Waals surface area contributed by atoms with Gasteiger partial charge in [0.25, 0.3) is 0 Å². The summed E-state index contributed by atoms with van der Waals surface area (Å²) in [6.45, 7) is 4.51. The lowest BCUT2D eigenvalue weighted by Crippen LogP contribution is -2.45. The van der Waals surface area contributed by atoms with Gasteiger partial charge in [-0.3, -0.25) is 9.69 Å². The van der Waals surface area contributed by atoms with Crippen molar-refractivity contribution in [3.8, 4) is 11.5 Å². The normalized spacial score (nSPS) is 17.3. The van der Waals surface area contributed by atoms with Crippen molar-refractivity contribution in [2.45, 2.75) is 18.9 Å². The molecule has 1 atom stereocenters. The molecule has 0 saturated carbocycles. The van der Waals surface area contributed by atoms with Gasteiger partial charge in [-0.15, -0.1) is 0 Å². The molecule has 3 heterocycles. The number of benzene rings is 2. The lowest BCUT2D eigenvalue weighted by molar-refractivity contribution is -0.128. The smallest absolute Gasteiger partial charge is 0.334 e. The fourth-order valence-corrected chi connectivity index (χ4v) is 4.98. The first-order valence-electron chi connectivity index (χ1n) is 11.4. The third-order valence-corrected chi connectivity index (χ3v) is 7.23. The number of nitrogens with zero attached hydrogens (tertiary/aromatic N) is 5. The number of piperidine rings is 1. The van der Waals surface area contributed by atoms with Gasteiger partial charge >= 0.3 is 6.03 Å². The SMILES string of the molecule is C=CC(=O)N1CCC[C@H](Oc2c(OC)cc3ncnc4c3c2N(C)C(=O)N4c2ccc(Cl)c(Cl)c2F)C1. The van der Waals surface area contributed by atoms with Gasteiger partial charge in [-0.25, -0.2) is 24.1 Å². The Hall–Kier alpha value is -3.63. The van der Waals surface area contributed by atoms with Gasteiger partial charge in [-0.1, -0.05) is 29.8 Å². The van der Waals surface area contributed by atoms with Crippen LogP contribution in [0.1, 0.15) is 12.8 Å². The zero-order chi connectivity index (χ0) is 26.4. The number of methoxy groups -OCH3 is 1. The summed E-state index contributed by atoms with van der Waals surface area (Å²) in [5.74, 6) is -0.227. The fraction of sp³-hybridized carbons (Fsp3) is 0.280. The number of likely N-dealkylation sites (tertiary alicyclic amines) is 1. The fourth-order valence-electron chi connectivity index (χ4n) is 4.67. The van der Waals surface area contributed by atoms with E-state index in [2.05, 4.69) is 16.5 Å². The van der Waals surface area contributed by atoms with Crippen LogP contribution in [-0.2, 0) is 4.79 Å². The Kier molecular flexibility index (Phi) is 6.55. The standard InChI is InChI=1S/C25H22Cl2FN5O4/c1-4-18(34)32-9-5-6-13(11-32)37-23-17(36-3)10-15-19-22(23)31(2)25(35)33(24(19)30-12-29-15)16-8-7-14(26)20(27)21(16)28/h4,7-8,10,12-13H,1,5-6,9,11H2,2-3H3/t13-/m0/s1. The molecular weight excluding hydrogens is 524 g/mol. The number of hydrogen-bond acceptors (Lipinski definition) is 6. The van der Waals surface area contributed by atoms with Crippen LogP contribution in [0.25, 0.3) is 10.9 Å². The van der Waals surface area contributed by atoms with Gasteiger partial charge in [0.2, 0.25) is 5.91 Å². The number of amides is 3. The quantitative estimate of drug-likeness (QED) is 0.317. The van der Waals surface area contributed by atoms with E-state index < -0.39 is 11.8 Å². The average molecular weight is 546 g/mol. The molecule has 0 N–H and O–H groups in total. The van der Waals surface area contributed by atoms with Crippen LogP contribution in [0.15, 0.2) is 37.2 Å². The molecule has 2 aliphatic rings. The van der Waals surface area contributed by atoms with Crippen molar-refractivity contribution >= 4 is 63.2 Å². The minimum atomic E-state index is -0.856. The van der Waals surface area contributed by atoms with E-state index in [1.165, 1.54) is 43.6 Å². The number of carbonyl (C=O) groups excluding carboxylic acids is 2. The second kappa shape index (κ2) is 9.68. The highest BCUT2D eigenvalue weighted by atomic mass is 35.5. The van der Waals surface area contributed by atoms with Crippen molar-refractivity contribution in [2.24, 2.45) is 0 Å². The molecule has 12 heteroatoms. The highest BCUT2D eigenvalue weighted by Gasteiger charge is 2.39. The van der Waals surface area contributed by atoms with Crippen molar-refractivity contribution in [3.63, 3.8) is 0 Å². The molecule has 2 aromatic carbocycles. The molecule has 0 spiro atoms. The van der Waals surface area contributed by atoms with Gasteiger partial charge in [0.15, 0.2) is 23.1 Å². The molecule has 3 aromatic rings. The second-order valence-electron chi connectivity index (χ2n) is 8.59. The Morgan fingerprint density at radius 2 is 2.08 bits per heavy atom. The first-order chi connectivity index (χ1) is 17.8. The van der Waals surface area contributed by atoms with E-state index in [9.17, 15) is 9.59 Å². The molecule has 0 unspecified atom stereocenters. The summed E-state index contributed by atoms with van der Waals surface area (Å²) < 4.78 is 27.2. The maximum Gasteiger partial charge on any atom is 0.334 e. The van der Waals surface area contributed by atoms with Crippen LogP contribution in [0, 0.1) is 5.82 Å². The minimum absolute atomic E-state index is 0.0193. The molecule has 1 aromatic heterocycles. The molecule has 0 bridgehead atoms. The molecule has 192 valence electrons. The molecule has 0 aliphatic carbocycles. The van der Waals surface area contributed by atoms with Crippen molar-refractivity contribution in [3.05, 3.63) is 53.0 Å². The Labute approximate surface area is 222 Å². The maximum atomic E-state index is 15.2. The molecular formula is C25H22Cl2FN5O4. The molecule has 2 aliphatic heterocycles. The van der Waals surface area contributed by atoms with E-state index in [4.69, 9.17) is 32.7 Å². The van der Waals surface area contributed by atoms with E-state index >= 15 is 4.39 Å². The summed E-state index contributed by atoms with van der Waals surface area (Å²) in [6, 6.07) is 3.84. The molecule has 5 rings (SSSR count). The van der Waals surface area contributed by atoms with Crippen molar-refractivity contribution < 1.29 is 23.5 Å². The summed E-state index contributed by atoms with van der Waals surface area (Å²) in [5.41, 5.74) is 0.723. The maximum absolute atomic E-state index is 15.2. The van der Waals surface area contributed by atoms with Gasteiger partial charge in [-0.05, 0) is 31.1 Å². The summed E-state index contributed by atoms with van der Waals surface area (Å²) in [4.78, 5) is 38.7.